The number of ether oxygens (including phenoxy) is 1. The monoisotopic (exact) mass is 439 g/mol. The number of carbonyl (C=O) groups excluding carboxylic acids is 1. The summed E-state index contributed by atoms with van der Waals surface area (Å²) >= 11 is 0. The van der Waals surface area contributed by atoms with Gasteiger partial charge in [0.15, 0.2) is 5.82 Å². The second kappa shape index (κ2) is 9.83. The summed E-state index contributed by atoms with van der Waals surface area (Å²) in [5.41, 5.74) is 4.17. The molecule has 1 aromatic heterocycles. The molecule has 0 saturated carbocycles. The molecule has 0 aliphatic carbocycles. The van der Waals surface area contributed by atoms with Crippen LogP contribution in [0.3, 0.4) is 0 Å². The Balaban J connectivity index is 1.53. The van der Waals surface area contributed by atoms with Crippen LogP contribution in [0.1, 0.15) is 60.9 Å². The lowest BCUT2D eigenvalue weighted by Gasteiger charge is -2.31. The zero-order chi connectivity index (χ0) is 22.7. The molecule has 1 fully saturated rings. The molecular weight excluding hydrogens is 406 g/mol. The molecular formula is C24H33N5O3. The number of nitrogens with zero attached hydrogens (tertiary/aromatic N) is 4. The van der Waals surface area contributed by atoms with E-state index >= 15 is 0 Å². The standard InChI is InChI=1S/C24H33N5O3/c1-4-32-22-8-7-17(12-18(22)15-30)13-28-11-9-20-19(14-28)23(25-3)27-24(26-20)21-6-5-10-29(21)16(2)31/h7-8,12,21,30H,4-6,9-11,13-15H2,1-3H3,(H,25,26,27)/t21-/m0/s1. The molecule has 1 aromatic carbocycles. The van der Waals surface area contributed by atoms with Gasteiger partial charge in [-0.3, -0.25) is 9.69 Å². The number of aromatic nitrogens is 2. The second-order valence-corrected chi connectivity index (χ2v) is 8.47. The molecule has 0 radical (unpaired) electrons. The number of anilines is 1. The first-order valence-corrected chi connectivity index (χ1v) is 11.5. The SMILES string of the molecule is CCOc1ccc(CN2CCc3nc([C@@H]4CCCN4C(C)=O)nc(NC)c3C2)cc1CO. The van der Waals surface area contributed by atoms with Crippen molar-refractivity contribution >= 4 is 11.7 Å². The Labute approximate surface area is 189 Å². The zero-order valence-corrected chi connectivity index (χ0v) is 19.2. The highest BCUT2D eigenvalue weighted by molar-refractivity contribution is 5.74. The molecule has 8 heteroatoms. The van der Waals surface area contributed by atoms with Crippen molar-refractivity contribution in [2.75, 3.05) is 32.1 Å². The maximum absolute atomic E-state index is 12.0. The Morgan fingerprint density at radius 3 is 2.88 bits per heavy atom. The second-order valence-electron chi connectivity index (χ2n) is 8.47. The minimum atomic E-state index is -0.0367. The number of likely N-dealkylation sites (tertiary alicyclic amines) is 1. The summed E-state index contributed by atoms with van der Waals surface area (Å²) in [5, 5.41) is 13.0. The van der Waals surface area contributed by atoms with Crippen molar-refractivity contribution in [3.63, 3.8) is 0 Å². The van der Waals surface area contributed by atoms with Gasteiger partial charge in [0, 0.05) is 57.7 Å². The van der Waals surface area contributed by atoms with E-state index in [9.17, 15) is 9.90 Å². The number of nitrogens with one attached hydrogen (secondary N) is 1. The molecule has 2 aliphatic heterocycles. The van der Waals surface area contributed by atoms with Gasteiger partial charge in [-0.15, -0.1) is 0 Å². The normalized spacial score (nSPS) is 18.5. The molecule has 0 spiro atoms. The third-order valence-electron chi connectivity index (χ3n) is 6.35. The number of amides is 1. The number of aliphatic hydroxyl groups is 1. The maximum atomic E-state index is 12.0. The minimum absolute atomic E-state index is 0.0244. The van der Waals surface area contributed by atoms with Gasteiger partial charge in [-0.1, -0.05) is 6.07 Å². The Morgan fingerprint density at radius 1 is 1.31 bits per heavy atom. The van der Waals surface area contributed by atoms with Gasteiger partial charge in [-0.05, 0) is 37.5 Å². The van der Waals surface area contributed by atoms with E-state index in [4.69, 9.17) is 14.7 Å². The van der Waals surface area contributed by atoms with Crippen LogP contribution < -0.4 is 10.1 Å². The van der Waals surface area contributed by atoms with Crippen LogP contribution in [0.5, 0.6) is 5.75 Å². The molecule has 2 N–H and O–H groups in total. The highest BCUT2D eigenvalue weighted by Crippen LogP contribution is 2.33. The van der Waals surface area contributed by atoms with Crippen molar-refractivity contribution in [3.8, 4) is 5.75 Å². The first kappa shape index (κ1) is 22.5. The number of hydrogen-bond donors (Lipinski definition) is 2. The highest BCUT2D eigenvalue weighted by atomic mass is 16.5. The summed E-state index contributed by atoms with van der Waals surface area (Å²) < 4.78 is 5.60. The predicted molar refractivity (Wildman–Crippen MR) is 122 cm³/mol. The molecule has 4 rings (SSSR count). The first-order valence-electron chi connectivity index (χ1n) is 11.5. The van der Waals surface area contributed by atoms with Gasteiger partial charge in [0.2, 0.25) is 5.91 Å². The average Bonchev–Trinajstić information content (AvgIpc) is 3.30. The molecule has 172 valence electrons. The molecule has 32 heavy (non-hydrogen) atoms. The van der Waals surface area contributed by atoms with Gasteiger partial charge in [-0.25, -0.2) is 9.97 Å². The Morgan fingerprint density at radius 2 is 2.16 bits per heavy atom. The van der Waals surface area contributed by atoms with Gasteiger partial charge in [0.1, 0.15) is 11.6 Å². The van der Waals surface area contributed by atoms with Crippen LogP contribution in [0, 0.1) is 0 Å². The molecule has 8 nitrogen and oxygen atoms in total. The molecule has 1 saturated heterocycles. The van der Waals surface area contributed by atoms with E-state index in [1.165, 1.54) is 0 Å². The van der Waals surface area contributed by atoms with Gasteiger partial charge < -0.3 is 20.1 Å². The molecule has 1 amide bonds. The van der Waals surface area contributed by atoms with Crippen LogP contribution in [0.25, 0.3) is 0 Å². The van der Waals surface area contributed by atoms with E-state index in [1.807, 2.05) is 31.0 Å². The summed E-state index contributed by atoms with van der Waals surface area (Å²) in [6, 6.07) is 6.01. The third-order valence-corrected chi connectivity index (χ3v) is 6.35. The lowest BCUT2D eigenvalue weighted by atomic mass is 10.0. The number of rotatable bonds is 7. The summed E-state index contributed by atoms with van der Waals surface area (Å²) in [4.78, 5) is 26.0. The van der Waals surface area contributed by atoms with E-state index in [-0.39, 0.29) is 18.6 Å². The van der Waals surface area contributed by atoms with Crippen molar-refractivity contribution in [3.05, 3.63) is 46.4 Å². The highest BCUT2D eigenvalue weighted by Gasteiger charge is 2.32. The Hall–Kier alpha value is -2.71. The van der Waals surface area contributed by atoms with E-state index in [2.05, 4.69) is 16.3 Å². The number of carbonyl (C=O) groups is 1. The van der Waals surface area contributed by atoms with Crippen molar-refractivity contribution in [1.82, 2.24) is 19.8 Å². The molecule has 0 bridgehead atoms. The Kier molecular flexibility index (Phi) is 6.91. The van der Waals surface area contributed by atoms with Crippen LogP contribution >= 0.6 is 0 Å². The van der Waals surface area contributed by atoms with Crippen LogP contribution in [0.2, 0.25) is 0 Å². The third kappa shape index (κ3) is 4.56. The largest absolute Gasteiger partial charge is 0.494 e. The van der Waals surface area contributed by atoms with Crippen LogP contribution in [0.4, 0.5) is 5.82 Å². The Bertz CT molecular complexity index is 963. The fourth-order valence-electron chi connectivity index (χ4n) is 4.80. The summed E-state index contributed by atoms with van der Waals surface area (Å²) in [5.74, 6) is 2.44. The van der Waals surface area contributed by atoms with Crippen molar-refractivity contribution in [2.45, 2.75) is 58.8 Å². The smallest absolute Gasteiger partial charge is 0.220 e. The maximum Gasteiger partial charge on any atom is 0.220 e. The summed E-state index contributed by atoms with van der Waals surface area (Å²) in [7, 11) is 1.89. The van der Waals surface area contributed by atoms with Crippen LogP contribution in [-0.2, 0) is 30.9 Å². The lowest BCUT2D eigenvalue weighted by molar-refractivity contribution is -0.129. The molecule has 3 heterocycles. The molecule has 2 aliphatic rings. The van der Waals surface area contributed by atoms with Crippen molar-refractivity contribution < 1.29 is 14.6 Å². The zero-order valence-electron chi connectivity index (χ0n) is 19.2. The van der Waals surface area contributed by atoms with Crippen molar-refractivity contribution in [1.29, 1.82) is 0 Å². The summed E-state index contributed by atoms with van der Waals surface area (Å²) in [6.45, 7) is 7.32. The number of hydrogen-bond acceptors (Lipinski definition) is 7. The van der Waals surface area contributed by atoms with E-state index in [0.717, 1.165) is 85.2 Å². The van der Waals surface area contributed by atoms with Gasteiger partial charge in [-0.2, -0.15) is 0 Å². The first-order chi connectivity index (χ1) is 15.5. The number of aliphatic hydroxyl groups excluding tert-OH is 1. The predicted octanol–water partition coefficient (Wildman–Crippen LogP) is 2.65. The molecule has 1 atom stereocenters. The quantitative estimate of drug-likeness (QED) is 0.685. The van der Waals surface area contributed by atoms with Crippen LogP contribution in [-0.4, -0.2) is 57.5 Å². The molecule has 0 unspecified atom stereocenters. The van der Waals surface area contributed by atoms with Gasteiger partial charge in [0.05, 0.1) is 24.9 Å². The van der Waals surface area contributed by atoms with E-state index < -0.39 is 0 Å². The average molecular weight is 440 g/mol. The van der Waals surface area contributed by atoms with Crippen LogP contribution in [0.15, 0.2) is 18.2 Å². The summed E-state index contributed by atoms with van der Waals surface area (Å²) in [6.07, 6.45) is 2.75. The number of benzene rings is 1. The fourth-order valence-corrected chi connectivity index (χ4v) is 4.80. The number of fused-ring (bicyclic) bond motifs is 1. The van der Waals surface area contributed by atoms with E-state index in [1.54, 1.807) is 6.92 Å². The minimum Gasteiger partial charge on any atom is -0.494 e. The molecule has 2 aromatic rings. The van der Waals surface area contributed by atoms with Gasteiger partial charge >= 0.3 is 0 Å². The van der Waals surface area contributed by atoms with E-state index in [0.29, 0.717) is 6.61 Å². The van der Waals surface area contributed by atoms with Gasteiger partial charge in [0.25, 0.3) is 0 Å². The fraction of sp³-hybridized carbons (Fsp3) is 0.542. The van der Waals surface area contributed by atoms with Crippen molar-refractivity contribution in [2.24, 2.45) is 0 Å². The lowest BCUT2D eigenvalue weighted by Crippen LogP contribution is -2.33. The topological polar surface area (TPSA) is 90.8 Å².